The number of hydrogen-bond donors (Lipinski definition) is 1. The molecule has 6 heteroatoms. The van der Waals surface area contributed by atoms with E-state index in [0.717, 1.165) is 21.9 Å². The molecule has 0 aliphatic carbocycles. The predicted octanol–water partition coefficient (Wildman–Crippen LogP) is 4.54. The topological polar surface area (TPSA) is 64.4 Å². The summed E-state index contributed by atoms with van der Waals surface area (Å²) in [4.78, 5) is 18.3. The first-order valence-electron chi connectivity index (χ1n) is 7.72. The van der Waals surface area contributed by atoms with Crippen LogP contribution in [-0.2, 0) is 4.79 Å². The highest BCUT2D eigenvalue weighted by atomic mass is 32.1. The lowest BCUT2D eigenvalue weighted by Crippen LogP contribution is -2.13. The van der Waals surface area contributed by atoms with Gasteiger partial charge in [-0.25, -0.2) is 4.98 Å². The number of nitrogens with zero attached hydrogens (tertiary/aromatic N) is 1. The van der Waals surface area contributed by atoms with Crippen molar-refractivity contribution in [2.45, 2.75) is 13.8 Å². The number of carbonyl (C=O) groups is 1. The third-order valence-corrected chi connectivity index (χ3v) is 4.71. The molecule has 1 amide bonds. The van der Waals surface area contributed by atoms with Crippen molar-refractivity contribution in [2.75, 3.05) is 12.4 Å². The van der Waals surface area contributed by atoms with Crippen LogP contribution in [0.3, 0.4) is 0 Å². The van der Waals surface area contributed by atoms with Gasteiger partial charge in [-0.05, 0) is 49.8 Å². The fourth-order valence-corrected chi connectivity index (χ4v) is 3.07. The van der Waals surface area contributed by atoms with E-state index in [9.17, 15) is 4.79 Å². The second kappa shape index (κ2) is 7.36. The van der Waals surface area contributed by atoms with Crippen LogP contribution in [0.25, 0.3) is 11.6 Å². The van der Waals surface area contributed by atoms with Gasteiger partial charge in [0.25, 0.3) is 5.91 Å². The first-order chi connectivity index (χ1) is 12.1. The van der Waals surface area contributed by atoms with Crippen LogP contribution in [0.1, 0.15) is 21.9 Å². The van der Waals surface area contributed by atoms with Gasteiger partial charge >= 0.3 is 0 Å². The number of methoxy groups -OCH3 is 1. The van der Waals surface area contributed by atoms with E-state index >= 15 is 0 Å². The SMILES string of the molecule is COc1ccc(/C(=C/c2ccco2)C(=O)Nc2nc(C)c(C)s2)cc1. The number of aromatic nitrogens is 1. The van der Waals surface area contributed by atoms with Crippen LogP contribution in [0.2, 0.25) is 0 Å². The molecular weight excluding hydrogens is 336 g/mol. The Kier molecular flexibility index (Phi) is 5.00. The summed E-state index contributed by atoms with van der Waals surface area (Å²) in [7, 11) is 1.61. The van der Waals surface area contributed by atoms with Gasteiger partial charge in [0.05, 0.1) is 24.6 Å². The molecule has 3 rings (SSSR count). The van der Waals surface area contributed by atoms with E-state index in [0.29, 0.717) is 16.5 Å². The Morgan fingerprint density at radius 2 is 2.00 bits per heavy atom. The molecule has 0 saturated carbocycles. The molecule has 25 heavy (non-hydrogen) atoms. The second-order valence-electron chi connectivity index (χ2n) is 5.42. The van der Waals surface area contributed by atoms with Crippen molar-refractivity contribution >= 4 is 34.0 Å². The van der Waals surface area contributed by atoms with Gasteiger partial charge in [-0.15, -0.1) is 11.3 Å². The number of anilines is 1. The summed E-state index contributed by atoms with van der Waals surface area (Å²) in [6.45, 7) is 3.90. The van der Waals surface area contributed by atoms with E-state index < -0.39 is 0 Å². The number of carbonyl (C=O) groups excluding carboxylic acids is 1. The van der Waals surface area contributed by atoms with Crippen LogP contribution < -0.4 is 10.1 Å². The first kappa shape index (κ1) is 17.0. The highest BCUT2D eigenvalue weighted by Gasteiger charge is 2.16. The first-order valence-corrected chi connectivity index (χ1v) is 8.53. The van der Waals surface area contributed by atoms with Gasteiger partial charge in [-0.1, -0.05) is 12.1 Å². The Bertz CT molecular complexity index is 874. The molecule has 0 aliphatic heterocycles. The summed E-state index contributed by atoms with van der Waals surface area (Å²) in [5, 5.41) is 3.45. The number of aryl methyl sites for hydroxylation is 2. The van der Waals surface area contributed by atoms with Crippen molar-refractivity contribution in [3.8, 4) is 5.75 Å². The molecule has 5 nitrogen and oxygen atoms in total. The molecule has 1 N–H and O–H groups in total. The summed E-state index contributed by atoms with van der Waals surface area (Å²) < 4.78 is 10.5. The Hall–Kier alpha value is -2.86. The average Bonchev–Trinajstić information content (AvgIpc) is 3.23. The maximum atomic E-state index is 12.8. The van der Waals surface area contributed by atoms with E-state index in [4.69, 9.17) is 9.15 Å². The van der Waals surface area contributed by atoms with E-state index in [1.54, 1.807) is 31.6 Å². The number of ether oxygens (including phenoxy) is 1. The van der Waals surface area contributed by atoms with E-state index in [2.05, 4.69) is 10.3 Å². The summed E-state index contributed by atoms with van der Waals surface area (Å²) >= 11 is 1.46. The molecule has 0 fully saturated rings. The fourth-order valence-electron chi connectivity index (χ4n) is 2.26. The molecule has 3 aromatic rings. The zero-order valence-corrected chi connectivity index (χ0v) is 15.0. The summed E-state index contributed by atoms with van der Waals surface area (Å²) in [5.41, 5.74) is 2.17. The highest BCUT2D eigenvalue weighted by Crippen LogP contribution is 2.26. The maximum Gasteiger partial charge on any atom is 0.258 e. The molecule has 0 saturated heterocycles. The number of thiazole rings is 1. The number of nitrogens with one attached hydrogen (secondary N) is 1. The number of amides is 1. The van der Waals surface area contributed by atoms with E-state index in [-0.39, 0.29) is 5.91 Å². The molecule has 0 radical (unpaired) electrons. The van der Waals surface area contributed by atoms with Crippen molar-refractivity contribution in [1.29, 1.82) is 0 Å². The fraction of sp³-hybridized carbons (Fsp3) is 0.158. The van der Waals surface area contributed by atoms with Crippen LogP contribution in [-0.4, -0.2) is 18.0 Å². The number of hydrogen-bond acceptors (Lipinski definition) is 5. The third-order valence-electron chi connectivity index (χ3n) is 3.72. The van der Waals surface area contributed by atoms with Gasteiger partial charge in [0.1, 0.15) is 11.5 Å². The lowest BCUT2D eigenvalue weighted by molar-refractivity contribution is -0.111. The van der Waals surface area contributed by atoms with Crippen molar-refractivity contribution in [1.82, 2.24) is 4.98 Å². The molecule has 1 aromatic carbocycles. The van der Waals surface area contributed by atoms with Gasteiger partial charge in [-0.3, -0.25) is 10.1 Å². The van der Waals surface area contributed by atoms with E-state index in [1.165, 1.54) is 11.3 Å². The molecule has 0 aliphatic rings. The lowest BCUT2D eigenvalue weighted by atomic mass is 10.0. The van der Waals surface area contributed by atoms with E-state index in [1.807, 2.05) is 38.1 Å². The molecule has 0 unspecified atom stereocenters. The van der Waals surface area contributed by atoms with Crippen LogP contribution >= 0.6 is 11.3 Å². The minimum atomic E-state index is -0.240. The van der Waals surface area contributed by atoms with Crippen molar-refractivity contribution < 1.29 is 13.9 Å². The lowest BCUT2D eigenvalue weighted by Gasteiger charge is -2.08. The molecule has 2 aromatic heterocycles. The smallest absolute Gasteiger partial charge is 0.258 e. The normalized spacial score (nSPS) is 11.4. The van der Waals surface area contributed by atoms with Gasteiger partial charge in [0, 0.05) is 4.88 Å². The molecule has 2 heterocycles. The molecule has 0 spiro atoms. The monoisotopic (exact) mass is 354 g/mol. The molecular formula is C19H18N2O3S. The summed E-state index contributed by atoms with van der Waals surface area (Å²) in [6.07, 6.45) is 3.29. The zero-order chi connectivity index (χ0) is 17.8. The van der Waals surface area contributed by atoms with Gasteiger partial charge < -0.3 is 9.15 Å². The summed E-state index contributed by atoms with van der Waals surface area (Å²) in [6, 6.07) is 10.9. The minimum absolute atomic E-state index is 0.240. The quantitative estimate of drug-likeness (QED) is 0.683. The highest BCUT2D eigenvalue weighted by molar-refractivity contribution is 7.15. The van der Waals surface area contributed by atoms with Gasteiger partial charge in [0.15, 0.2) is 5.13 Å². The predicted molar refractivity (Wildman–Crippen MR) is 99.8 cm³/mol. The standard InChI is InChI=1S/C19H18N2O3S/c1-12-13(2)25-19(20-12)21-18(22)17(11-16-5-4-10-24-16)14-6-8-15(23-3)9-7-14/h4-11H,1-3H3,(H,20,21,22)/b17-11-. The van der Waals surface area contributed by atoms with Crippen molar-refractivity contribution in [2.24, 2.45) is 0 Å². The Morgan fingerprint density at radius 3 is 2.56 bits per heavy atom. The third kappa shape index (κ3) is 3.97. The maximum absolute atomic E-state index is 12.8. The Morgan fingerprint density at radius 1 is 1.24 bits per heavy atom. The number of furan rings is 1. The van der Waals surface area contributed by atoms with Crippen LogP contribution in [0, 0.1) is 13.8 Å². The zero-order valence-electron chi connectivity index (χ0n) is 14.2. The Balaban J connectivity index is 1.93. The second-order valence-corrected chi connectivity index (χ2v) is 6.62. The molecule has 0 bridgehead atoms. The molecule has 128 valence electrons. The Labute approximate surface area is 150 Å². The number of benzene rings is 1. The average molecular weight is 354 g/mol. The van der Waals surface area contributed by atoms with Crippen LogP contribution in [0.15, 0.2) is 47.1 Å². The van der Waals surface area contributed by atoms with Crippen LogP contribution in [0.4, 0.5) is 5.13 Å². The van der Waals surface area contributed by atoms with Crippen molar-refractivity contribution in [3.63, 3.8) is 0 Å². The minimum Gasteiger partial charge on any atom is -0.497 e. The van der Waals surface area contributed by atoms with Crippen LogP contribution in [0.5, 0.6) is 5.75 Å². The molecule has 0 atom stereocenters. The van der Waals surface area contributed by atoms with Gasteiger partial charge in [-0.2, -0.15) is 0 Å². The largest absolute Gasteiger partial charge is 0.497 e. The van der Waals surface area contributed by atoms with Crippen molar-refractivity contribution in [3.05, 3.63) is 64.6 Å². The van der Waals surface area contributed by atoms with Gasteiger partial charge in [0.2, 0.25) is 0 Å². The summed E-state index contributed by atoms with van der Waals surface area (Å²) in [5.74, 6) is 1.09. The number of rotatable bonds is 5.